The summed E-state index contributed by atoms with van der Waals surface area (Å²) in [5, 5.41) is 20.5. The number of halogens is 2. The summed E-state index contributed by atoms with van der Waals surface area (Å²) in [6.07, 6.45) is 0.413. The minimum Gasteiger partial charge on any atom is -0.490 e. The van der Waals surface area contributed by atoms with Crippen molar-refractivity contribution in [1.82, 2.24) is 16.1 Å². The molecule has 1 aliphatic rings. The van der Waals surface area contributed by atoms with Crippen molar-refractivity contribution in [2.24, 2.45) is 5.10 Å². The molecular formula is C31H32BrClN4O7. The largest absolute Gasteiger partial charge is 0.490 e. The molecule has 4 rings (SSSR count). The van der Waals surface area contributed by atoms with Gasteiger partial charge in [-0.3, -0.25) is 5.43 Å². The molecule has 1 heterocycles. The van der Waals surface area contributed by atoms with E-state index in [4.69, 9.17) is 30.5 Å². The van der Waals surface area contributed by atoms with E-state index in [0.717, 1.165) is 15.6 Å². The molecule has 3 aromatic carbocycles. The van der Waals surface area contributed by atoms with Gasteiger partial charge in [-0.25, -0.2) is 9.59 Å². The molecule has 3 aromatic rings. The number of nitrogens with zero attached hydrogens (tertiary/aromatic N) is 1. The molecular weight excluding hydrogens is 656 g/mol. The summed E-state index contributed by atoms with van der Waals surface area (Å²) in [6, 6.07) is 16.8. The van der Waals surface area contributed by atoms with E-state index in [-0.39, 0.29) is 12.2 Å². The molecule has 0 spiro atoms. The van der Waals surface area contributed by atoms with Crippen molar-refractivity contribution >= 4 is 45.7 Å². The molecule has 44 heavy (non-hydrogen) atoms. The molecule has 232 valence electrons. The number of urea groups is 1. The van der Waals surface area contributed by atoms with Gasteiger partial charge in [0.1, 0.15) is 19.0 Å². The van der Waals surface area contributed by atoms with Crippen LogP contribution in [0.4, 0.5) is 4.79 Å². The number of carbonyl (C=O) groups excluding carboxylic acids is 2. The van der Waals surface area contributed by atoms with E-state index in [1.54, 1.807) is 37.4 Å². The number of methoxy groups -OCH3 is 1. The minimum atomic E-state index is -1.14. The van der Waals surface area contributed by atoms with Gasteiger partial charge in [-0.15, -0.1) is 0 Å². The molecule has 2 atom stereocenters. The number of esters is 1. The monoisotopic (exact) mass is 686 g/mol. The minimum absolute atomic E-state index is 0.147. The SMILES string of the molecule is CCOc1cc([C@H]2NC(=O)NC(C)=C2C(=O)OC)ccc1OC[C@@H](O)N/N=C\c1ccc(OCc2ccccc2Cl)c(Br)c1. The Labute approximate surface area is 268 Å². The maximum absolute atomic E-state index is 12.4. The Bertz CT molecular complexity index is 1570. The fourth-order valence-electron chi connectivity index (χ4n) is 4.31. The van der Waals surface area contributed by atoms with E-state index in [1.807, 2.05) is 43.3 Å². The average molecular weight is 688 g/mol. The number of allylic oxidation sites excluding steroid dienone is 1. The van der Waals surface area contributed by atoms with Crippen LogP contribution in [0.5, 0.6) is 17.2 Å². The number of hydrogen-bond acceptors (Lipinski definition) is 9. The molecule has 1 aliphatic heterocycles. The highest BCUT2D eigenvalue weighted by atomic mass is 79.9. The van der Waals surface area contributed by atoms with Crippen molar-refractivity contribution in [2.75, 3.05) is 20.3 Å². The zero-order valence-electron chi connectivity index (χ0n) is 24.2. The number of ether oxygens (including phenoxy) is 4. The molecule has 0 aromatic heterocycles. The Morgan fingerprint density at radius 2 is 1.89 bits per heavy atom. The van der Waals surface area contributed by atoms with Gasteiger partial charge in [-0.1, -0.05) is 35.9 Å². The second-order valence-corrected chi connectivity index (χ2v) is 10.7. The molecule has 11 nitrogen and oxygen atoms in total. The van der Waals surface area contributed by atoms with Crippen molar-refractivity contribution in [2.45, 2.75) is 32.7 Å². The van der Waals surface area contributed by atoms with Crippen molar-refractivity contribution in [3.05, 3.63) is 98.1 Å². The van der Waals surface area contributed by atoms with Crippen LogP contribution >= 0.6 is 27.5 Å². The Hall–Kier alpha value is -4.26. The molecule has 0 aliphatic carbocycles. The van der Waals surface area contributed by atoms with Gasteiger partial charge in [-0.2, -0.15) is 5.10 Å². The topological polar surface area (TPSA) is 140 Å². The van der Waals surface area contributed by atoms with Gasteiger partial charge in [-0.05, 0) is 77.3 Å². The molecule has 0 unspecified atom stereocenters. The maximum atomic E-state index is 12.4. The second-order valence-electron chi connectivity index (χ2n) is 9.48. The molecule has 0 fully saturated rings. The summed E-state index contributed by atoms with van der Waals surface area (Å²) in [4.78, 5) is 24.6. The van der Waals surface area contributed by atoms with E-state index < -0.39 is 24.3 Å². The van der Waals surface area contributed by atoms with Crippen LogP contribution in [0.25, 0.3) is 0 Å². The lowest BCUT2D eigenvalue weighted by atomic mass is 9.95. The van der Waals surface area contributed by atoms with Gasteiger partial charge >= 0.3 is 12.0 Å². The van der Waals surface area contributed by atoms with Crippen LogP contribution in [-0.2, 0) is 16.1 Å². The summed E-state index contributed by atoms with van der Waals surface area (Å²) in [7, 11) is 1.27. The standard InChI is InChI=1S/C31H32BrClN4O7/c1-4-42-26-14-20(29-28(30(39)41-3)18(2)35-31(40)36-29)10-12-25(26)44-17-27(38)37-34-15-19-9-11-24(22(32)13-19)43-16-21-7-5-6-8-23(21)33/h5-15,27,29,37-38H,4,16-17H2,1-3H3,(H2,35,36,40)/b34-15-/t27-,29-/m1/s1. The zero-order chi connectivity index (χ0) is 31.6. The predicted molar refractivity (Wildman–Crippen MR) is 169 cm³/mol. The van der Waals surface area contributed by atoms with Crippen LogP contribution < -0.4 is 30.3 Å². The molecule has 0 saturated carbocycles. The first kappa shape index (κ1) is 32.6. The number of hydrogen-bond donors (Lipinski definition) is 4. The maximum Gasteiger partial charge on any atom is 0.337 e. The molecule has 2 amide bonds. The number of benzene rings is 3. The number of aliphatic hydroxyl groups is 1. The first-order valence-corrected chi connectivity index (χ1v) is 14.8. The first-order valence-electron chi connectivity index (χ1n) is 13.6. The molecule has 0 saturated heterocycles. The zero-order valence-corrected chi connectivity index (χ0v) is 26.6. The van der Waals surface area contributed by atoms with Gasteiger partial charge in [0.05, 0.1) is 36.0 Å². The fourth-order valence-corrected chi connectivity index (χ4v) is 5.01. The second kappa shape index (κ2) is 15.5. The van der Waals surface area contributed by atoms with Crippen LogP contribution in [0.1, 0.15) is 36.6 Å². The number of hydrazone groups is 1. The summed E-state index contributed by atoms with van der Waals surface area (Å²) >= 11 is 9.71. The van der Waals surface area contributed by atoms with Crippen molar-refractivity contribution in [3.8, 4) is 17.2 Å². The molecule has 0 radical (unpaired) electrons. The van der Waals surface area contributed by atoms with Gasteiger partial charge in [0.25, 0.3) is 0 Å². The van der Waals surface area contributed by atoms with Crippen molar-refractivity contribution in [3.63, 3.8) is 0 Å². The van der Waals surface area contributed by atoms with Gasteiger partial charge in [0.15, 0.2) is 17.7 Å². The highest BCUT2D eigenvalue weighted by molar-refractivity contribution is 9.10. The Morgan fingerprint density at radius 3 is 2.61 bits per heavy atom. The van der Waals surface area contributed by atoms with Gasteiger partial charge < -0.3 is 34.7 Å². The highest BCUT2D eigenvalue weighted by Crippen LogP contribution is 2.35. The number of rotatable bonds is 13. The third-order valence-electron chi connectivity index (χ3n) is 6.41. The Morgan fingerprint density at radius 1 is 1.11 bits per heavy atom. The number of nitrogens with one attached hydrogen (secondary N) is 3. The van der Waals surface area contributed by atoms with E-state index in [2.05, 4.69) is 37.1 Å². The quantitative estimate of drug-likeness (QED) is 0.0833. The van der Waals surface area contributed by atoms with E-state index in [9.17, 15) is 14.7 Å². The highest BCUT2D eigenvalue weighted by Gasteiger charge is 2.32. The summed E-state index contributed by atoms with van der Waals surface area (Å²) < 4.78 is 23.1. The van der Waals surface area contributed by atoms with Gasteiger partial charge in [0, 0.05) is 16.3 Å². The molecule has 0 bridgehead atoms. The van der Waals surface area contributed by atoms with Crippen LogP contribution in [-0.4, -0.2) is 49.9 Å². The lowest BCUT2D eigenvalue weighted by molar-refractivity contribution is -0.136. The summed E-state index contributed by atoms with van der Waals surface area (Å²) in [5.74, 6) is 0.808. The van der Waals surface area contributed by atoms with Crippen LogP contribution in [0.2, 0.25) is 5.02 Å². The van der Waals surface area contributed by atoms with E-state index in [1.165, 1.54) is 7.11 Å². The molecule has 13 heteroatoms. The van der Waals surface area contributed by atoms with Gasteiger partial charge in [0.2, 0.25) is 0 Å². The van der Waals surface area contributed by atoms with E-state index in [0.29, 0.717) is 46.7 Å². The van der Waals surface area contributed by atoms with Crippen LogP contribution in [0.3, 0.4) is 0 Å². The van der Waals surface area contributed by atoms with Crippen LogP contribution in [0.15, 0.2) is 81.5 Å². The average Bonchev–Trinajstić information content (AvgIpc) is 3.00. The van der Waals surface area contributed by atoms with Crippen molar-refractivity contribution < 1.29 is 33.6 Å². The summed E-state index contributed by atoms with van der Waals surface area (Å²) in [6.45, 7) is 3.95. The third kappa shape index (κ3) is 8.43. The fraction of sp³-hybridized carbons (Fsp3) is 0.258. The smallest absolute Gasteiger partial charge is 0.337 e. The van der Waals surface area contributed by atoms with E-state index >= 15 is 0 Å². The Kier molecular flexibility index (Phi) is 11.5. The number of aliphatic hydroxyl groups excluding tert-OH is 1. The lowest BCUT2D eigenvalue weighted by Gasteiger charge is -2.28. The van der Waals surface area contributed by atoms with Crippen molar-refractivity contribution in [1.29, 1.82) is 0 Å². The first-order chi connectivity index (χ1) is 21.2. The predicted octanol–water partition coefficient (Wildman–Crippen LogP) is 5.20. The molecule has 4 N–H and O–H groups in total. The summed E-state index contributed by atoms with van der Waals surface area (Å²) in [5.41, 5.74) is 5.52. The van der Waals surface area contributed by atoms with Crippen LogP contribution in [0, 0.1) is 0 Å². The number of carbonyl (C=O) groups is 2. The lowest BCUT2D eigenvalue weighted by Crippen LogP contribution is -2.45. The third-order valence-corrected chi connectivity index (χ3v) is 7.39. The number of amides is 2. The normalized spacial score (nSPS) is 15.3. The Balaban J connectivity index is 1.35.